The fraction of sp³-hybridized carbons (Fsp3) is 0.769. The van der Waals surface area contributed by atoms with Crippen molar-refractivity contribution in [3.05, 3.63) is 0 Å². The van der Waals surface area contributed by atoms with Crippen molar-refractivity contribution in [2.45, 2.75) is 51.4 Å². The summed E-state index contributed by atoms with van der Waals surface area (Å²) in [5, 5.41) is 8.42. The highest BCUT2D eigenvalue weighted by Gasteiger charge is 2.06. The van der Waals surface area contributed by atoms with Crippen molar-refractivity contribution < 1.29 is 14.3 Å². The fourth-order valence-electron chi connectivity index (χ4n) is 1.66. The van der Waals surface area contributed by atoms with E-state index in [2.05, 4.69) is 10.8 Å². The predicted octanol–water partition coefficient (Wildman–Crippen LogP) is 2.62. The molecule has 0 aliphatic carbocycles. The zero-order valence-electron chi connectivity index (χ0n) is 10.5. The lowest BCUT2D eigenvalue weighted by Crippen LogP contribution is -2.02. The van der Waals surface area contributed by atoms with E-state index in [9.17, 15) is 9.59 Å². The Kier molecular flexibility index (Phi) is 10.2. The summed E-state index contributed by atoms with van der Waals surface area (Å²) >= 11 is 0. The van der Waals surface area contributed by atoms with Crippen LogP contribution in [-0.2, 0) is 14.3 Å². The van der Waals surface area contributed by atoms with Crippen LogP contribution in [0.15, 0.2) is 0 Å². The number of carbonyl (C=O) groups is 2. The molecule has 1 unspecified atom stereocenters. The largest absolute Gasteiger partial charge is 0.469 e. The molecule has 96 valence electrons. The molecular weight excluding hydrogens is 218 g/mol. The van der Waals surface area contributed by atoms with Crippen LogP contribution in [-0.4, -0.2) is 19.4 Å². The number of aldehydes is 1. The normalized spacial score (nSPS) is 11.5. The first-order valence-corrected chi connectivity index (χ1v) is 6.13. The average Bonchev–Trinajstić information content (AvgIpc) is 2.36. The second-order valence-corrected chi connectivity index (χ2v) is 4.12. The van der Waals surface area contributed by atoms with Crippen LogP contribution >= 0.6 is 0 Å². The van der Waals surface area contributed by atoms with Gasteiger partial charge in [-0.1, -0.05) is 19.3 Å². The SMILES string of the molecule is COC(=O)CCCCCCC(C=O)CCC#N. The van der Waals surface area contributed by atoms with Crippen LogP contribution in [0.4, 0.5) is 0 Å². The van der Waals surface area contributed by atoms with Crippen molar-refractivity contribution >= 4 is 12.3 Å². The van der Waals surface area contributed by atoms with Gasteiger partial charge in [-0.15, -0.1) is 0 Å². The summed E-state index contributed by atoms with van der Waals surface area (Å²) in [6.07, 6.45) is 7.23. The Labute approximate surface area is 103 Å². The maximum atomic E-state index is 10.8. The number of unbranched alkanes of at least 4 members (excludes halogenated alkanes) is 3. The number of hydrogen-bond acceptors (Lipinski definition) is 4. The van der Waals surface area contributed by atoms with Crippen LogP contribution in [0.3, 0.4) is 0 Å². The maximum absolute atomic E-state index is 10.8. The molecule has 0 aliphatic rings. The van der Waals surface area contributed by atoms with Gasteiger partial charge in [-0.3, -0.25) is 4.79 Å². The van der Waals surface area contributed by atoms with E-state index in [1.54, 1.807) is 0 Å². The zero-order chi connectivity index (χ0) is 12.9. The number of ether oxygens (including phenoxy) is 1. The van der Waals surface area contributed by atoms with Gasteiger partial charge in [-0.05, 0) is 19.3 Å². The standard InChI is InChI=1S/C13H21NO3/c1-17-13(16)9-5-3-2-4-7-12(11-15)8-6-10-14/h11-12H,2-9H2,1H3. The van der Waals surface area contributed by atoms with Gasteiger partial charge in [0.2, 0.25) is 0 Å². The van der Waals surface area contributed by atoms with E-state index in [0.717, 1.165) is 38.4 Å². The molecule has 0 spiro atoms. The Balaban J connectivity index is 3.40. The Morgan fingerprint density at radius 1 is 1.29 bits per heavy atom. The zero-order valence-corrected chi connectivity index (χ0v) is 10.5. The molecule has 17 heavy (non-hydrogen) atoms. The van der Waals surface area contributed by atoms with Gasteiger partial charge in [0.05, 0.1) is 13.2 Å². The highest BCUT2D eigenvalue weighted by atomic mass is 16.5. The maximum Gasteiger partial charge on any atom is 0.305 e. The van der Waals surface area contributed by atoms with Crippen molar-refractivity contribution in [1.82, 2.24) is 0 Å². The molecule has 0 radical (unpaired) electrons. The van der Waals surface area contributed by atoms with Crippen LogP contribution < -0.4 is 0 Å². The van der Waals surface area contributed by atoms with Crippen LogP contribution in [0, 0.1) is 17.2 Å². The highest BCUT2D eigenvalue weighted by Crippen LogP contribution is 2.14. The first-order valence-electron chi connectivity index (χ1n) is 6.13. The molecule has 0 bridgehead atoms. The molecule has 4 heteroatoms. The Morgan fingerprint density at radius 2 is 2.00 bits per heavy atom. The molecule has 0 aromatic heterocycles. The molecule has 0 amide bonds. The van der Waals surface area contributed by atoms with Gasteiger partial charge in [-0.25, -0.2) is 0 Å². The number of carbonyl (C=O) groups excluding carboxylic acids is 2. The van der Waals surface area contributed by atoms with Crippen molar-refractivity contribution in [3.63, 3.8) is 0 Å². The summed E-state index contributed by atoms with van der Waals surface area (Å²) in [5.41, 5.74) is 0. The van der Waals surface area contributed by atoms with Crippen LogP contribution in [0.1, 0.15) is 51.4 Å². The van der Waals surface area contributed by atoms with Crippen molar-refractivity contribution in [3.8, 4) is 6.07 Å². The van der Waals surface area contributed by atoms with Gasteiger partial charge in [0, 0.05) is 18.8 Å². The lowest BCUT2D eigenvalue weighted by molar-refractivity contribution is -0.140. The monoisotopic (exact) mass is 239 g/mol. The van der Waals surface area contributed by atoms with E-state index in [0.29, 0.717) is 19.3 Å². The highest BCUT2D eigenvalue weighted by molar-refractivity contribution is 5.68. The molecule has 0 fully saturated rings. The topological polar surface area (TPSA) is 67.2 Å². The minimum Gasteiger partial charge on any atom is -0.469 e. The number of nitrogens with zero attached hydrogens (tertiary/aromatic N) is 1. The summed E-state index contributed by atoms with van der Waals surface area (Å²) in [6.45, 7) is 0. The molecule has 0 aromatic carbocycles. The molecule has 1 atom stereocenters. The molecule has 0 aromatic rings. The fourth-order valence-corrected chi connectivity index (χ4v) is 1.66. The summed E-state index contributed by atoms with van der Waals surface area (Å²) in [7, 11) is 1.40. The quantitative estimate of drug-likeness (QED) is 0.334. The summed E-state index contributed by atoms with van der Waals surface area (Å²) < 4.78 is 4.54. The van der Waals surface area contributed by atoms with Gasteiger partial charge >= 0.3 is 5.97 Å². The van der Waals surface area contributed by atoms with E-state index in [1.165, 1.54) is 7.11 Å². The number of methoxy groups -OCH3 is 1. The van der Waals surface area contributed by atoms with E-state index >= 15 is 0 Å². The molecule has 0 saturated heterocycles. The van der Waals surface area contributed by atoms with Gasteiger partial charge in [0.1, 0.15) is 6.29 Å². The molecule has 4 nitrogen and oxygen atoms in total. The summed E-state index contributed by atoms with van der Waals surface area (Å²) in [4.78, 5) is 21.5. The smallest absolute Gasteiger partial charge is 0.305 e. The van der Waals surface area contributed by atoms with Crippen LogP contribution in [0.5, 0.6) is 0 Å². The summed E-state index contributed by atoms with van der Waals surface area (Å²) in [6, 6.07) is 2.05. The van der Waals surface area contributed by atoms with Crippen molar-refractivity contribution in [1.29, 1.82) is 5.26 Å². The molecule has 0 rings (SSSR count). The predicted molar refractivity (Wildman–Crippen MR) is 64.1 cm³/mol. The van der Waals surface area contributed by atoms with E-state index in [4.69, 9.17) is 5.26 Å². The first-order chi connectivity index (χ1) is 8.24. The van der Waals surface area contributed by atoms with Gasteiger partial charge in [-0.2, -0.15) is 5.26 Å². The Bertz CT molecular complexity index is 258. The average molecular weight is 239 g/mol. The minimum atomic E-state index is -0.162. The van der Waals surface area contributed by atoms with Crippen molar-refractivity contribution in [2.24, 2.45) is 5.92 Å². The molecule has 0 N–H and O–H groups in total. The lowest BCUT2D eigenvalue weighted by atomic mass is 9.97. The van der Waals surface area contributed by atoms with Gasteiger partial charge in [0.25, 0.3) is 0 Å². The van der Waals surface area contributed by atoms with E-state index in [-0.39, 0.29) is 11.9 Å². The van der Waals surface area contributed by atoms with Crippen LogP contribution in [0.25, 0.3) is 0 Å². The number of nitriles is 1. The lowest BCUT2D eigenvalue weighted by Gasteiger charge is -2.07. The van der Waals surface area contributed by atoms with Gasteiger partial charge in [0.15, 0.2) is 0 Å². The molecule has 0 saturated carbocycles. The second kappa shape index (κ2) is 11.1. The third kappa shape index (κ3) is 9.55. The Morgan fingerprint density at radius 3 is 2.59 bits per heavy atom. The molecule has 0 aliphatic heterocycles. The van der Waals surface area contributed by atoms with E-state index < -0.39 is 0 Å². The minimum absolute atomic E-state index is 0.0234. The first kappa shape index (κ1) is 15.6. The summed E-state index contributed by atoms with van der Waals surface area (Å²) in [5.74, 6) is -0.139. The number of rotatable bonds is 10. The number of hydrogen-bond donors (Lipinski definition) is 0. The van der Waals surface area contributed by atoms with Crippen LogP contribution in [0.2, 0.25) is 0 Å². The van der Waals surface area contributed by atoms with E-state index in [1.807, 2.05) is 0 Å². The van der Waals surface area contributed by atoms with Crippen molar-refractivity contribution in [2.75, 3.05) is 7.11 Å². The molecular formula is C13H21NO3. The third-order valence-electron chi connectivity index (χ3n) is 2.75. The van der Waals surface area contributed by atoms with Gasteiger partial charge < -0.3 is 9.53 Å². The Hall–Kier alpha value is -1.37. The third-order valence-corrected chi connectivity index (χ3v) is 2.75. The number of esters is 1. The molecule has 0 heterocycles. The second-order valence-electron chi connectivity index (χ2n) is 4.12.